The highest BCUT2D eigenvalue weighted by atomic mass is 32.2. The lowest BCUT2D eigenvalue weighted by molar-refractivity contribution is 0.627. The molecule has 5 heteroatoms. The van der Waals surface area contributed by atoms with Gasteiger partial charge in [0.15, 0.2) is 5.16 Å². The third kappa shape index (κ3) is 3.51. The molecule has 0 aliphatic carbocycles. The van der Waals surface area contributed by atoms with Crippen LogP contribution in [0.2, 0.25) is 0 Å². The zero-order valence-electron chi connectivity index (χ0n) is 12.6. The summed E-state index contributed by atoms with van der Waals surface area (Å²) in [6, 6.07) is 17.3. The van der Waals surface area contributed by atoms with Crippen LogP contribution >= 0.6 is 11.8 Å². The summed E-state index contributed by atoms with van der Waals surface area (Å²) in [6.07, 6.45) is 1.89. The Morgan fingerprint density at radius 2 is 1.78 bits per heavy atom. The molecule has 0 N–H and O–H groups in total. The fourth-order valence-corrected chi connectivity index (χ4v) is 2.89. The molecular formula is C18H15FN2OS. The Hall–Kier alpha value is -2.40. The molecule has 0 unspecified atom stereocenters. The number of nitrogens with zero attached hydrogens (tertiary/aromatic N) is 2. The minimum absolute atomic E-state index is 0.118. The average Bonchev–Trinajstić information content (AvgIpc) is 2.58. The molecule has 1 heterocycles. The zero-order chi connectivity index (χ0) is 16.2. The predicted octanol–water partition coefficient (Wildman–Crippen LogP) is 3.82. The van der Waals surface area contributed by atoms with E-state index >= 15 is 0 Å². The van der Waals surface area contributed by atoms with Gasteiger partial charge in [-0.15, -0.1) is 0 Å². The molecule has 0 radical (unpaired) electrons. The van der Waals surface area contributed by atoms with E-state index in [1.165, 1.54) is 30.0 Å². The molecule has 0 amide bonds. The number of hydrogen-bond acceptors (Lipinski definition) is 3. The molecule has 0 atom stereocenters. The Bertz CT molecular complexity index is 860. The van der Waals surface area contributed by atoms with Crippen molar-refractivity contribution < 1.29 is 4.39 Å². The van der Waals surface area contributed by atoms with Gasteiger partial charge in [0.2, 0.25) is 0 Å². The Morgan fingerprint density at radius 3 is 2.43 bits per heavy atom. The van der Waals surface area contributed by atoms with E-state index in [4.69, 9.17) is 0 Å². The van der Waals surface area contributed by atoms with Gasteiger partial charge >= 0.3 is 0 Å². The molecule has 0 saturated carbocycles. The smallest absolute Gasteiger partial charge is 0.255 e. The van der Waals surface area contributed by atoms with Gasteiger partial charge in [0.1, 0.15) is 5.82 Å². The lowest BCUT2D eigenvalue weighted by atomic mass is 10.1. The first kappa shape index (κ1) is 15.5. The van der Waals surface area contributed by atoms with Gasteiger partial charge in [-0.1, -0.05) is 42.1 Å². The van der Waals surface area contributed by atoms with Crippen molar-refractivity contribution in [3.8, 4) is 11.3 Å². The van der Waals surface area contributed by atoms with E-state index in [1.807, 2.05) is 36.6 Å². The summed E-state index contributed by atoms with van der Waals surface area (Å²) in [4.78, 5) is 17.1. The average molecular weight is 326 g/mol. The van der Waals surface area contributed by atoms with Crippen LogP contribution in [0.1, 0.15) is 5.56 Å². The molecule has 0 aliphatic heterocycles. The minimum Gasteiger partial charge on any atom is -0.283 e. The summed E-state index contributed by atoms with van der Waals surface area (Å²) >= 11 is 1.42. The van der Waals surface area contributed by atoms with Crippen molar-refractivity contribution in [3.05, 3.63) is 82.4 Å². The largest absolute Gasteiger partial charge is 0.283 e. The molecule has 0 saturated heterocycles. The summed E-state index contributed by atoms with van der Waals surface area (Å²) in [5, 5.41) is 0.640. The second-order valence-corrected chi connectivity index (χ2v) is 5.82. The first-order valence-electron chi connectivity index (χ1n) is 7.13. The molecule has 0 spiro atoms. The lowest BCUT2D eigenvalue weighted by Crippen LogP contribution is -2.23. The predicted molar refractivity (Wildman–Crippen MR) is 91.2 cm³/mol. The molecule has 2 aromatic carbocycles. The Balaban J connectivity index is 2.02. The number of rotatable bonds is 4. The Kier molecular flexibility index (Phi) is 4.57. The van der Waals surface area contributed by atoms with Crippen LogP contribution in [0.5, 0.6) is 0 Å². The van der Waals surface area contributed by atoms with Crippen LogP contribution in [0.4, 0.5) is 4.39 Å². The maximum Gasteiger partial charge on any atom is 0.255 e. The number of hydrogen-bond donors (Lipinski definition) is 0. The van der Waals surface area contributed by atoms with Gasteiger partial charge in [-0.25, -0.2) is 9.37 Å². The van der Waals surface area contributed by atoms with Crippen LogP contribution < -0.4 is 5.56 Å². The van der Waals surface area contributed by atoms with E-state index in [0.717, 1.165) is 11.1 Å². The summed E-state index contributed by atoms with van der Waals surface area (Å²) in [7, 11) is 0. The fraction of sp³-hybridized carbons (Fsp3) is 0.111. The van der Waals surface area contributed by atoms with Crippen LogP contribution in [-0.2, 0) is 6.54 Å². The first-order chi connectivity index (χ1) is 11.2. The van der Waals surface area contributed by atoms with Gasteiger partial charge in [-0.3, -0.25) is 9.36 Å². The van der Waals surface area contributed by atoms with Crippen molar-refractivity contribution in [2.45, 2.75) is 11.7 Å². The van der Waals surface area contributed by atoms with E-state index in [0.29, 0.717) is 17.4 Å². The SMILES string of the molecule is CSc1nc(-c2ccc(F)cc2)cc(=O)n1Cc1ccccc1. The molecule has 3 nitrogen and oxygen atoms in total. The van der Waals surface area contributed by atoms with E-state index in [1.54, 1.807) is 16.7 Å². The maximum atomic E-state index is 13.0. The monoisotopic (exact) mass is 326 g/mol. The van der Waals surface area contributed by atoms with E-state index in [-0.39, 0.29) is 11.4 Å². The highest BCUT2D eigenvalue weighted by molar-refractivity contribution is 7.98. The van der Waals surface area contributed by atoms with Crippen molar-refractivity contribution in [2.24, 2.45) is 0 Å². The van der Waals surface area contributed by atoms with Crippen molar-refractivity contribution in [1.82, 2.24) is 9.55 Å². The molecule has 116 valence electrons. The topological polar surface area (TPSA) is 34.9 Å². The first-order valence-corrected chi connectivity index (χ1v) is 8.35. The molecule has 3 rings (SSSR count). The van der Waals surface area contributed by atoms with Crippen molar-refractivity contribution in [3.63, 3.8) is 0 Å². The Labute approximate surface area is 137 Å². The third-order valence-corrected chi connectivity index (χ3v) is 4.16. The summed E-state index contributed by atoms with van der Waals surface area (Å²) in [5.74, 6) is -0.309. The minimum atomic E-state index is -0.309. The molecular weight excluding hydrogens is 311 g/mol. The summed E-state index contributed by atoms with van der Waals surface area (Å²) in [5.41, 5.74) is 2.21. The number of thioether (sulfide) groups is 1. The van der Waals surface area contributed by atoms with Gasteiger partial charge in [-0.2, -0.15) is 0 Å². The quantitative estimate of drug-likeness (QED) is 0.540. The van der Waals surface area contributed by atoms with Crippen molar-refractivity contribution in [1.29, 1.82) is 0 Å². The second-order valence-electron chi connectivity index (χ2n) is 5.04. The van der Waals surface area contributed by atoms with Crippen LogP contribution in [-0.4, -0.2) is 15.8 Å². The lowest BCUT2D eigenvalue weighted by Gasteiger charge is -2.12. The standard InChI is InChI=1S/C18H15FN2OS/c1-23-18-20-16(14-7-9-15(19)10-8-14)11-17(22)21(18)12-13-5-3-2-4-6-13/h2-11H,12H2,1H3. The molecule has 0 bridgehead atoms. The normalized spacial score (nSPS) is 10.7. The van der Waals surface area contributed by atoms with Gasteiger partial charge in [-0.05, 0) is 36.1 Å². The number of benzene rings is 2. The van der Waals surface area contributed by atoms with Gasteiger partial charge in [0.25, 0.3) is 5.56 Å². The van der Waals surface area contributed by atoms with Crippen LogP contribution in [0.3, 0.4) is 0 Å². The van der Waals surface area contributed by atoms with Crippen molar-refractivity contribution in [2.75, 3.05) is 6.26 Å². The molecule has 0 aliphatic rings. The van der Waals surface area contributed by atoms with Crippen LogP contribution in [0.15, 0.2) is 70.6 Å². The highest BCUT2D eigenvalue weighted by Gasteiger charge is 2.10. The van der Waals surface area contributed by atoms with Gasteiger partial charge in [0, 0.05) is 11.6 Å². The molecule has 3 aromatic rings. The Morgan fingerprint density at radius 1 is 1.09 bits per heavy atom. The van der Waals surface area contributed by atoms with E-state index in [2.05, 4.69) is 4.98 Å². The number of halogens is 1. The molecule has 23 heavy (non-hydrogen) atoms. The van der Waals surface area contributed by atoms with Gasteiger partial charge < -0.3 is 0 Å². The van der Waals surface area contributed by atoms with E-state index in [9.17, 15) is 9.18 Å². The maximum absolute atomic E-state index is 13.0. The molecule has 0 fully saturated rings. The number of aromatic nitrogens is 2. The van der Waals surface area contributed by atoms with Crippen LogP contribution in [0.25, 0.3) is 11.3 Å². The second kappa shape index (κ2) is 6.79. The van der Waals surface area contributed by atoms with Crippen molar-refractivity contribution >= 4 is 11.8 Å². The van der Waals surface area contributed by atoms with Gasteiger partial charge in [0.05, 0.1) is 12.2 Å². The summed E-state index contributed by atoms with van der Waals surface area (Å²) in [6.45, 7) is 0.479. The van der Waals surface area contributed by atoms with Crippen LogP contribution in [0, 0.1) is 5.82 Å². The summed E-state index contributed by atoms with van der Waals surface area (Å²) < 4.78 is 14.7. The van der Waals surface area contributed by atoms with E-state index < -0.39 is 0 Å². The molecule has 1 aromatic heterocycles. The fourth-order valence-electron chi connectivity index (χ4n) is 2.32. The third-order valence-electron chi connectivity index (χ3n) is 3.48. The highest BCUT2D eigenvalue weighted by Crippen LogP contribution is 2.20. The zero-order valence-corrected chi connectivity index (χ0v) is 13.4.